The van der Waals surface area contributed by atoms with Gasteiger partial charge in [-0.05, 0) is 31.4 Å². The molecule has 3 rings (SSSR count). The molecule has 0 aliphatic rings. The third-order valence-corrected chi connectivity index (χ3v) is 5.83. The van der Waals surface area contributed by atoms with Gasteiger partial charge in [0.15, 0.2) is 5.82 Å². The van der Waals surface area contributed by atoms with Gasteiger partial charge in [-0.1, -0.05) is 73.3 Å². The molecular formula is C22H26N4OS. The number of aromatic amines is 1. The van der Waals surface area contributed by atoms with Crippen molar-refractivity contribution in [3.63, 3.8) is 0 Å². The van der Waals surface area contributed by atoms with Crippen molar-refractivity contribution in [2.24, 2.45) is 0 Å². The fourth-order valence-corrected chi connectivity index (χ4v) is 4.02. The molecule has 0 aliphatic carbocycles. The van der Waals surface area contributed by atoms with E-state index in [0.717, 1.165) is 17.5 Å². The third-order valence-electron chi connectivity index (χ3n) is 4.73. The van der Waals surface area contributed by atoms with E-state index in [1.54, 1.807) is 0 Å². The zero-order chi connectivity index (χ0) is 19.9. The van der Waals surface area contributed by atoms with Crippen LogP contribution in [0.1, 0.15) is 37.1 Å². The lowest BCUT2D eigenvalue weighted by Gasteiger charge is -2.24. The third kappa shape index (κ3) is 4.62. The van der Waals surface area contributed by atoms with E-state index in [0.29, 0.717) is 24.1 Å². The van der Waals surface area contributed by atoms with Crippen molar-refractivity contribution in [2.75, 3.05) is 13.1 Å². The number of thioether (sulfide) groups is 1. The Kier molecular flexibility index (Phi) is 6.87. The van der Waals surface area contributed by atoms with E-state index in [2.05, 4.69) is 34.2 Å². The quantitative estimate of drug-likeness (QED) is 0.561. The summed E-state index contributed by atoms with van der Waals surface area (Å²) < 4.78 is 0. The van der Waals surface area contributed by atoms with E-state index in [9.17, 15) is 4.79 Å². The lowest BCUT2D eigenvalue weighted by Crippen LogP contribution is -2.33. The van der Waals surface area contributed by atoms with Gasteiger partial charge in [-0.15, -0.1) is 5.10 Å². The fourth-order valence-electron chi connectivity index (χ4n) is 3.02. The first-order valence-corrected chi connectivity index (χ1v) is 10.6. The van der Waals surface area contributed by atoms with Crippen LogP contribution in [0.4, 0.5) is 0 Å². The molecule has 0 fully saturated rings. The van der Waals surface area contributed by atoms with Crippen LogP contribution in [-0.4, -0.2) is 39.1 Å². The Hall–Kier alpha value is -2.60. The van der Waals surface area contributed by atoms with Crippen LogP contribution in [0.25, 0.3) is 11.4 Å². The predicted octanol–water partition coefficient (Wildman–Crippen LogP) is 4.74. The Labute approximate surface area is 170 Å². The van der Waals surface area contributed by atoms with Crippen molar-refractivity contribution < 1.29 is 4.79 Å². The molecule has 0 radical (unpaired) electrons. The minimum atomic E-state index is -0.368. The zero-order valence-corrected chi connectivity index (χ0v) is 17.4. The van der Waals surface area contributed by atoms with Gasteiger partial charge in [-0.25, -0.2) is 4.98 Å². The number of rotatable bonds is 8. The van der Waals surface area contributed by atoms with Crippen molar-refractivity contribution in [1.82, 2.24) is 20.1 Å². The molecule has 3 aromatic rings. The largest absolute Gasteiger partial charge is 0.342 e. The molecule has 0 saturated carbocycles. The topological polar surface area (TPSA) is 61.9 Å². The normalized spacial score (nSPS) is 12.0. The molecule has 1 N–H and O–H groups in total. The second kappa shape index (κ2) is 9.55. The van der Waals surface area contributed by atoms with Gasteiger partial charge in [0.25, 0.3) is 0 Å². The van der Waals surface area contributed by atoms with E-state index in [4.69, 9.17) is 0 Å². The average molecular weight is 395 g/mol. The summed E-state index contributed by atoms with van der Waals surface area (Å²) in [4.78, 5) is 19.6. The summed E-state index contributed by atoms with van der Waals surface area (Å²) >= 11 is 1.39. The molecule has 146 valence electrons. The van der Waals surface area contributed by atoms with Crippen molar-refractivity contribution in [1.29, 1.82) is 0 Å². The Bertz CT molecular complexity index is 888. The highest BCUT2D eigenvalue weighted by Gasteiger charge is 2.27. The van der Waals surface area contributed by atoms with E-state index in [1.807, 2.05) is 61.2 Å². The Morgan fingerprint density at radius 1 is 1.04 bits per heavy atom. The molecule has 0 bridgehead atoms. The van der Waals surface area contributed by atoms with E-state index < -0.39 is 0 Å². The molecule has 0 spiro atoms. The maximum absolute atomic E-state index is 13.1. The molecule has 0 saturated heterocycles. The van der Waals surface area contributed by atoms with Gasteiger partial charge in [0, 0.05) is 18.7 Å². The molecule has 1 heterocycles. The van der Waals surface area contributed by atoms with Gasteiger partial charge < -0.3 is 4.90 Å². The van der Waals surface area contributed by atoms with Crippen molar-refractivity contribution in [2.45, 2.75) is 37.6 Å². The van der Waals surface area contributed by atoms with Crippen molar-refractivity contribution in [3.8, 4) is 11.4 Å². The number of nitrogens with one attached hydrogen (secondary N) is 1. The number of aromatic nitrogens is 3. The summed E-state index contributed by atoms with van der Waals surface area (Å²) in [6, 6.07) is 18.1. The maximum Gasteiger partial charge on any atom is 0.240 e. The van der Waals surface area contributed by atoms with Crippen molar-refractivity contribution in [3.05, 3.63) is 65.7 Å². The summed E-state index contributed by atoms with van der Waals surface area (Å²) in [6.07, 6.45) is 1.00. The molecule has 1 atom stereocenters. The summed E-state index contributed by atoms with van der Waals surface area (Å²) in [5.74, 6) is 0.798. The van der Waals surface area contributed by atoms with Crippen LogP contribution in [0, 0.1) is 0 Å². The highest BCUT2D eigenvalue weighted by atomic mass is 32.2. The van der Waals surface area contributed by atoms with Crippen LogP contribution in [-0.2, 0) is 11.2 Å². The van der Waals surface area contributed by atoms with Crippen LogP contribution in [0.2, 0.25) is 0 Å². The fraction of sp³-hybridized carbons (Fsp3) is 0.318. The number of nitrogens with zero attached hydrogens (tertiary/aromatic N) is 3. The summed E-state index contributed by atoms with van der Waals surface area (Å²) in [6.45, 7) is 7.50. The molecule has 5 nitrogen and oxygen atoms in total. The molecule has 1 aromatic heterocycles. The summed E-state index contributed by atoms with van der Waals surface area (Å²) in [5.41, 5.74) is 3.23. The number of aryl methyl sites for hydroxylation is 1. The molecule has 1 amide bonds. The van der Waals surface area contributed by atoms with Crippen LogP contribution in [0.15, 0.2) is 59.8 Å². The molecule has 6 heteroatoms. The number of benzene rings is 2. The van der Waals surface area contributed by atoms with Gasteiger partial charge in [0.1, 0.15) is 5.25 Å². The van der Waals surface area contributed by atoms with Crippen LogP contribution < -0.4 is 0 Å². The lowest BCUT2D eigenvalue weighted by molar-refractivity contribution is -0.130. The Morgan fingerprint density at radius 2 is 1.71 bits per heavy atom. The molecule has 28 heavy (non-hydrogen) atoms. The van der Waals surface area contributed by atoms with Gasteiger partial charge in [-0.3, -0.25) is 9.89 Å². The number of hydrogen-bond donors (Lipinski definition) is 1. The number of carbonyl (C=O) groups is 1. The van der Waals surface area contributed by atoms with Crippen LogP contribution >= 0.6 is 11.8 Å². The first kappa shape index (κ1) is 20.1. The highest BCUT2D eigenvalue weighted by Crippen LogP contribution is 2.35. The van der Waals surface area contributed by atoms with E-state index in [1.165, 1.54) is 17.3 Å². The summed E-state index contributed by atoms with van der Waals surface area (Å²) in [7, 11) is 0. The molecule has 2 aromatic carbocycles. The Balaban J connectivity index is 1.84. The van der Waals surface area contributed by atoms with Crippen molar-refractivity contribution >= 4 is 17.7 Å². The van der Waals surface area contributed by atoms with Crippen LogP contribution in [0.3, 0.4) is 0 Å². The number of likely N-dealkylation sites (N-methyl/N-ethyl adjacent to an activating group) is 1. The monoisotopic (exact) mass is 394 g/mol. The number of H-pyrrole nitrogens is 1. The van der Waals surface area contributed by atoms with Gasteiger partial charge in [0.05, 0.1) is 0 Å². The zero-order valence-electron chi connectivity index (χ0n) is 16.6. The number of hydrogen-bond acceptors (Lipinski definition) is 4. The number of carbonyl (C=O) groups excluding carboxylic acids is 1. The SMILES string of the molecule is CCc1ccc(-c2nc(S[C@H](C(=O)N(CC)CC)c3ccccc3)n[nH]2)cc1. The second-order valence-electron chi connectivity index (χ2n) is 6.44. The second-order valence-corrected chi connectivity index (χ2v) is 7.51. The minimum absolute atomic E-state index is 0.0832. The standard InChI is InChI=1S/C22H26N4OS/c1-4-16-12-14-18(15-13-16)20-23-22(25-24-20)28-19(17-10-8-7-9-11-17)21(27)26(5-2)6-3/h7-15,19H,4-6H2,1-3H3,(H,23,24,25)/t19-/m0/s1. The van der Waals surface area contributed by atoms with Gasteiger partial charge >= 0.3 is 0 Å². The molecule has 0 unspecified atom stereocenters. The van der Waals surface area contributed by atoms with Crippen LogP contribution in [0.5, 0.6) is 0 Å². The maximum atomic E-state index is 13.1. The average Bonchev–Trinajstić information content (AvgIpc) is 3.22. The van der Waals surface area contributed by atoms with E-state index in [-0.39, 0.29) is 11.2 Å². The van der Waals surface area contributed by atoms with Gasteiger partial charge in [0.2, 0.25) is 11.1 Å². The minimum Gasteiger partial charge on any atom is -0.342 e. The molecule has 0 aliphatic heterocycles. The summed E-state index contributed by atoms with van der Waals surface area (Å²) in [5, 5.41) is 7.56. The van der Waals surface area contributed by atoms with E-state index >= 15 is 0 Å². The highest BCUT2D eigenvalue weighted by molar-refractivity contribution is 8.00. The first-order chi connectivity index (χ1) is 13.7. The molecular weight excluding hydrogens is 368 g/mol. The lowest BCUT2D eigenvalue weighted by atomic mass is 10.1. The first-order valence-electron chi connectivity index (χ1n) is 9.68. The number of amides is 1. The smallest absolute Gasteiger partial charge is 0.240 e. The predicted molar refractivity (Wildman–Crippen MR) is 114 cm³/mol. The van der Waals surface area contributed by atoms with Gasteiger partial charge in [-0.2, -0.15) is 0 Å². The Morgan fingerprint density at radius 3 is 2.32 bits per heavy atom.